The quantitative estimate of drug-likeness (QED) is 0.767. The fourth-order valence-corrected chi connectivity index (χ4v) is 2.65. The summed E-state index contributed by atoms with van der Waals surface area (Å²) < 4.78 is 6.72. The minimum absolute atomic E-state index is 0.167. The molecule has 0 bridgehead atoms. The number of hydrogen-bond acceptors (Lipinski definition) is 6. The van der Waals surface area contributed by atoms with Crippen molar-refractivity contribution < 1.29 is 4.52 Å². The van der Waals surface area contributed by atoms with Crippen LogP contribution in [0.5, 0.6) is 0 Å². The van der Waals surface area contributed by atoms with Gasteiger partial charge in [0.2, 0.25) is 0 Å². The Kier molecular flexibility index (Phi) is 2.67. The number of nitrogens with zero attached hydrogens (tertiary/aromatic N) is 4. The van der Waals surface area contributed by atoms with Gasteiger partial charge in [-0.3, -0.25) is 9.20 Å². The smallest absolute Gasteiger partial charge is 0.270 e. The van der Waals surface area contributed by atoms with Crippen LogP contribution in [0.3, 0.4) is 0 Å². The molecule has 0 spiro atoms. The number of pyridine rings is 1. The van der Waals surface area contributed by atoms with Crippen molar-refractivity contribution in [3.05, 3.63) is 46.3 Å². The van der Waals surface area contributed by atoms with Gasteiger partial charge in [-0.25, -0.2) is 4.98 Å². The maximum absolute atomic E-state index is 12.6. The van der Waals surface area contributed by atoms with E-state index in [1.807, 2.05) is 13.0 Å². The van der Waals surface area contributed by atoms with Gasteiger partial charge >= 0.3 is 0 Å². The van der Waals surface area contributed by atoms with Crippen molar-refractivity contribution in [2.45, 2.75) is 31.7 Å². The van der Waals surface area contributed by atoms with Crippen LogP contribution < -0.4 is 11.3 Å². The topological polar surface area (TPSA) is 99.3 Å². The van der Waals surface area contributed by atoms with Crippen LogP contribution in [0.1, 0.15) is 30.7 Å². The van der Waals surface area contributed by atoms with E-state index in [1.165, 1.54) is 10.6 Å². The van der Waals surface area contributed by atoms with E-state index in [-0.39, 0.29) is 17.0 Å². The molecule has 0 atom stereocenters. The Balaban J connectivity index is 1.84. The van der Waals surface area contributed by atoms with Gasteiger partial charge in [-0.15, -0.1) is 0 Å². The van der Waals surface area contributed by atoms with Crippen molar-refractivity contribution >= 4 is 5.65 Å². The van der Waals surface area contributed by atoms with Crippen LogP contribution in [0.15, 0.2) is 33.8 Å². The van der Waals surface area contributed by atoms with Gasteiger partial charge in [0, 0.05) is 12.4 Å². The summed E-state index contributed by atoms with van der Waals surface area (Å²) in [6.07, 6.45) is 5.93. The molecular weight excluding hydrogens is 282 g/mol. The Morgan fingerprint density at radius 2 is 2.18 bits per heavy atom. The molecule has 3 heterocycles. The van der Waals surface area contributed by atoms with Gasteiger partial charge in [0.15, 0.2) is 5.82 Å². The standard InChI is InChI=1S/C15H15N5O2/c1-9-3-4-11-17-7-10(13(21)20(11)8-9)12-18-14(19-22-12)15(16)5-2-6-15/h3-4,7-8H,2,5-6,16H2,1H3. The van der Waals surface area contributed by atoms with Gasteiger partial charge in [0.25, 0.3) is 11.4 Å². The molecule has 4 rings (SSSR count). The second-order valence-corrected chi connectivity index (χ2v) is 5.84. The molecule has 7 nitrogen and oxygen atoms in total. The molecule has 1 saturated carbocycles. The molecule has 0 amide bonds. The number of nitrogens with two attached hydrogens (primary N) is 1. The minimum atomic E-state index is -0.515. The SMILES string of the molecule is Cc1ccc2ncc(-c3nc(C4(N)CCC4)no3)c(=O)n2c1. The number of fused-ring (bicyclic) bond motifs is 1. The average molecular weight is 297 g/mol. The normalized spacial score (nSPS) is 16.6. The van der Waals surface area contributed by atoms with Crippen LogP contribution >= 0.6 is 0 Å². The van der Waals surface area contributed by atoms with Crippen LogP contribution in [0.25, 0.3) is 17.1 Å². The lowest BCUT2D eigenvalue weighted by atomic mass is 9.77. The third-order valence-electron chi connectivity index (χ3n) is 4.20. The van der Waals surface area contributed by atoms with E-state index >= 15 is 0 Å². The molecule has 22 heavy (non-hydrogen) atoms. The summed E-state index contributed by atoms with van der Waals surface area (Å²) >= 11 is 0. The Hall–Kier alpha value is -2.54. The molecule has 1 fully saturated rings. The van der Waals surface area contributed by atoms with Gasteiger partial charge in [-0.1, -0.05) is 11.2 Å². The molecule has 1 aliphatic carbocycles. The Morgan fingerprint density at radius 1 is 1.36 bits per heavy atom. The van der Waals surface area contributed by atoms with E-state index in [0.29, 0.717) is 11.5 Å². The first-order valence-electron chi connectivity index (χ1n) is 7.18. The molecule has 0 saturated heterocycles. The molecule has 2 N–H and O–H groups in total. The fourth-order valence-electron chi connectivity index (χ4n) is 2.65. The van der Waals surface area contributed by atoms with Crippen molar-refractivity contribution in [2.24, 2.45) is 5.73 Å². The second-order valence-electron chi connectivity index (χ2n) is 5.84. The van der Waals surface area contributed by atoms with Crippen LogP contribution in [0, 0.1) is 6.92 Å². The Bertz CT molecular complexity index is 923. The summed E-state index contributed by atoms with van der Waals surface area (Å²) in [7, 11) is 0. The van der Waals surface area contributed by atoms with Gasteiger partial charge < -0.3 is 10.3 Å². The number of rotatable bonds is 2. The summed E-state index contributed by atoms with van der Waals surface area (Å²) in [6, 6.07) is 3.70. The van der Waals surface area contributed by atoms with E-state index in [0.717, 1.165) is 24.8 Å². The van der Waals surface area contributed by atoms with E-state index in [1.54, 1.807) is 12.3 Å². The highest BCUT2D eigenvalue weighted by atomic mass is 16.5. The van der Waals surface area contributed by atoms with Crippen LogP contribution in [0.4, 0.5) is 0 Å². The zero-order chi connectivity index (χ0) is 15.3. The third-order valence-corrected chi connectivity index (χ3v) is 4.20. The lowest BCUT2D eigenvalue weighted by Gasteiger charge is -2.34. The fraction of sp³-hybridized carbons (Fsp3) is 0.333. The Morgan fingerprint density at radius 3 is 2.91 bits per heavy atom. The molecule has 112 valence electrons. The molecule has 3 aromatic heterocycles. The first-order valence-corrected chi connectivity index (χ1v) is 7.18. The van der Waals surface area contributed by atoms with E-state index in [9.17, 15) is 4.79 Å². The largest absolute Gasteiger partial charge is 0.334 e. The number of aromatic nitrogens is 4. The van der Waals surface area contributed by atoms with Crippen molar-refractivity contribution in [1.82, 2.24) is 19.5 Å². The molecular formula is C15H15N5O2. The minimum Gasteiger partial charge on any atom is -0.334 e. The summed E-state index contributed by atoms with van der Waals surface area (Å²) in [5.74, 6) is 0.627. The highest BCUT2D eigenvalue weighted by Crippen LogP contribution is 2.37. The van der Waals surface area contributed by atoms with Crippen LogP contribution in [-0.2, 0) is 5.54 Å². The molecule has 7 heteroatoms. The van der Waals surface area contributed by atoms with E-state index in [2.05, 4.69) is 15.1 Å². The van der Waals surface area contributed by atoms with E-state index < -0.39 is 5.54 Å². The molecule has 0 aromatic carbocycles. The van der Waals surface area contributed by atoms with Crippen molar-refractivity contribution in [2.75, 3.05) is 0 Å². The molecule has 1 aliphatic rings. The Labute approximate surface area is 125 Å². The first-order chi connectivity index (χ1) is 10.6. The monoisotopic (exact) mass is 297 g/mol. The number of aryl methyl sites for hydroxylation is 1. The highest BCUT2D eigenvalue weighted by molar-refractivity contribution is 5.53. The predicted molar refractivity (Wildman–Crippen MR) is 79.2 cm³/mol. The zero-order valence-corrected chi connectivity index (χ0v) is 12.1. The number of hydrogen-bond donors (Lipinski definition) is 1. The molecule has 0 radical (unpaired) electrons. The lowest BCUT2D eigenvalue weighted by molar-refractivity contribution is 0.229. The van der Waals surface area contributed by atoms with Crippen molar-refractivity contribution in [1.29, 1.82) is 0 Å². The summed E-state index contributed by atoms with van der Waals surface area (Å²) in [6.45, 7) is 1.91. The zero-order valence-electron chi connectivity index (χ0n) is 12.1. The molecule has 3 aromatic rings. The second kappa shape index (κ2) is 4.48. The van der Waals surface area contributed by atoms with Gasteiger partial charge in [0.1, 0.15) is 11.2 Å². The maximum Gasteiger partial charge on any atom is 0.270 e. The van der Waals surface area contributed by atoms with Crippen LogP contribution in [0.2, 0.25) is 0 Å². The molecule has 0 aliphatic heterocycles. The molecule has 0 unspecified atom stereocenters. The maximum atomic E-state index is 12.6. The first kappa shape index (κ1) is 13.1. The van der Waals surface area contributed by atoms with E-state index in [4.69, 9.17) is 10.3 Å². The van der Waals surface area contributed by atoms with Gasteiger partial charge in [-0.05, 0) is 37.8 Å². The average Bonchev–Trinajstić information content (AvgIpc) is 2.96. The lowest BCUT2D eigenvalue weighted by Crippen LogP contribution is -2.44. The van der Waals surface area contributed by atoms with Gasteiger partial charge in [0.05, 0.1) is 5.54 Å². The highest BCUT2D eigenvalue weighted by Gasteiger charge is 2.39. The van der Waals surface area contributed by atoms with Crippen LogP contribution in [-0.4, -0.2) is 19.5 Å². The summed E-state index contributed by atoms with van der Waals surface area (Å²) in [5.41, 5.74) is 7.26. The van der Waals surface area contributed by atoms with Crippen molar-refractivity contribution in [3.63, 3.8) is 0 Å². The summed E-state index contributed by atoms with van der Waals surface area (Å²) in [5, 5.41) is 3.94. The summed E-state index contributed by atoms with van der Waals surface area (Å²) in [4.78, 5) is 21.2. The predicted octanol–water partition coefficient (Wildman–Crippen LogP) is 1.39. The van der Waals surface area contributed by atoms with Crippen molar-refractivity contribution in [3.8, 4) is 11.5 Å². The van der Waals surface area contributed by atoms with Gasteiger partial charge in [-0.2, -0.15) is 4.98 Å². The third kappa shape index (κ3) is 1.86.